The van der Waals surface area contributed by atoms with E-state index in [0.29, 0.717) is 13.0 Å². The van der Waals surface area contributed by atoms with E-state index in [2.05, 4.69) is 10.6 Å². The molecule has 1 aliphatic carbocycles. The standard InChI is InChI=1S/C17H24N2O3/c20-13-17(9-4-5-10-17)19-15(21)8-11-18-16(22)12-14-6-2-1-3-7-14/h1-3,6-7,20H,4-5,8-13H2,(H,18,22)(H,19,21). The van der Waals surface area contributed by atoms with Gasteiger partial charge in [0.2, 0.25) is 11.8 Å². The molecule has 1 aromatic carbocycles. The highest BCUT2D eigenvalue weighted by Gasteiger charge is 2.34. The fraction of sp³-hybridized carbons (Fsp3) is 0.529. The van der Waals surface area contributed by atoms with Crippen LogP contribution >= 0.6 is 0 Å². The van der Waals surface area contributed by atoms with Crippen LogP contribution in [0.25, 0.3) is 0 Å². The predicted molar refractivity (Wildman–Crippen MR) is 84.2 cm³/mol. The highest BCUT2D eigenvalue weighted by molar-refractivity contribution is 5.80. The van der Waals surface area contributed by atoms with E-state index in [-0.39, 0.29) is 24.8 Å². The van der Waals surface area contributed by atoms with Gasteiger partial charge < -0.3 is 15.7 Å². The minimum atomic E-state index is -0.439. The van der Waals surface area contributed by atoms with Crippen molar-refractivity contribution < 1.29 is 14.7 Å². The first-order valence-electron chi connectivity index (χ1n) is 7.86. The van der Waals surface area contributed by atoms with Gasteiger partial charge in [0.15, 0.2) is 0 Å². The lowest BCUT2D eigenvalue weighted by molar-refractivity contribution is -0.124. The molecule has 120 valence electrons. The van der Waals surface area contributed by atoms with Gasteiger partial charge in [-0.05, 0) is 18.4 Å². The van der Waals surface area contributed by atoms with E-state index >= 15 is 0 Å². The Balaban J connectivity index is 1.67. The molecule has 1 aliphatic rings. The van der Waals surface area contributed by atoms with E-state index in [1.165, 1.54) is 0 Å². The summed E-state index contributed by atoms with van der Waals surface area (Å²) in [6.45, 7) is 0.304. The molecule has 3 N–H and O–H groups in total. The smallest absolute Gasteiger partial charge is 0.224 e. The molecule has 22 heavy (non-hydrogen) atoms. The number of carbonyl (C=O) groups excluding carboxylic acids is 2. The Hall–Kier alpha value is -1.88. The summed E-state index contributed by atoms with van der Waals surface area (Å²) in [6.07, 6.45) is 4.29. The van der Waals surface area contributed by atoms with Crippen molar-refractivity contribution in [3.8, 4) is 0 Å². The molecule has 0 aliphatic heterocycles. The molecule has 0 unspecified atom stereocenters. The third-order valence-electron chi connectivity index (χ3n) is 4.15. The number of rotatable bonds is 7. The van der Waals surface area contributed by atoms with Gasteiger partial charge in [0.1, 0.15) is 0 Å². The van der Waals surface area contributed by atoms with Crippen LogP contribution in [0.2, 0.25) is 0 Å². The Kier molecular flexibility index (Phi) is 5.95. The van der Waals surface area contributed by atoms with Crippen molar-refractivity contribution in [2.24, 2.45) is 0 Å². The van der Waals surface area contributed by atoms with E-state index in [4.69, 9.17) is 0 Å². The van der Waals surface area contributed by atoms with Crippen LogP contribution in [0, 0.1) is 0 Å². The minimum Gasteiger partial charge on any atom is -0.394 e. The zero-order valence-electron chi connectivity index (χ0n) is 12.8. The fourth-order valence-corrected chi connectivity index (χ4v) is 2.89. The first-order chi connectivity index (χ1) is 10.6. The molecule has 2 rings (SSSR count). The van der Waals surface area contributed by atoms with Crippen molar-refractivity contribution in [1.29, 1.82) is 0 Å². The molecule has 0 heterocycles. The molecule has 0 spiro atoms. The van der Waals surface area contributed by atoms with Gasteiger partial charge in [-0.2, -0.15) is 0 Å². The maximum atomic E-state index is 11.9. The largest absolute Gasteiger partial charge is 0.394 e. The monoisotopic (exact) mass is 304 g/mol. The molecule has 5 nitrogen and oxygen atoms in total. The normalized spacial score (nSPS) is 16.2. The van der Waals surface area contributed by atoms with Crippen molar-refractivity contribution in [3.63, 3.8) is 0 Å². The van der Waals surface area contributed by atoms with Crippen molar-refractivity contribution >= 4 is 11.8 Å². The second-order valence-corrected chi connectivity index (χ2v) is 5.96. The summed E-state index contributed by atoms with van der Waals surface area (Å²) >= 11 is 0. The highest BCUT2D eigenvalue weighted by atomic mass is 16.3. The van der Waals surface area contributed by atoms with Crippen molar-refractivity contribution in [2.75, 3.05) is 13.2 Å². The summed E-state index contributed by atoms with van der Waals surface area (Å²) in [5, 5.41) is 15.1. The molecular formula is C17H24N2O3. The van der Waals surface area contributed by atoms with Crippen LogP contribution in [0.1, 0.15) is 37.7 Å². The third kappa shape index (κ3) is 4.84. The zero-order chi connectivity index (χ0) is 15.8. The second-order valence-electron chi connectivity index (χ2n) is 5.96. The number of hydrogen-bond acceptors (Lipinski definition) is 3. The summed E-state index contributed by atoms with van der Waals surface area (Å²) in [5.41, 5.74) is 0.514. The van der Waals surface area contributed by atoms with Gasteiger partial charge >= 0.3 is 0 Å². The lowest BCUT2D eigenvalue weighted by Gasteiger charge is -2.28. The van der Waals surface area contributed by atoms with E-state index < -0.39 is 5.54 Å². The maximum Gasteiger partial charge on any atom is 0.224 e. The first-order valence-corrected chi connectivity index (χ1v) is 7.86. The Morgan fingerprint density at radius 2 is 1.77 bits per heavy atom. The number of hydrogen-bond donors (Lipinski definition) is 3. The maximum absolute atomic E-state index is 11.9. The van der Waals surface area contributed by atoms with Crippen LogP contribution in [0.5, 0.6) is 0 Å². The minimum absolute atomic E-state index is 0.0148. The zero-order valence-corrected chi connectivity index (χ0v) is 12.8. The topological polar surface area (TPSA) is 78.4 Å². The van der Waals surface area contributed by atoms with Crippen LogP contribution in [-0.4, -0.2) is 35.6 Å². The summed E-state index contributed by atoms with van der Waals surface area (Å²) in [5.74, 6) is -0.201. The quantitative estimate of drug-likeness (QED) is 0.707. The molecular weight excluding hydrogens is 280 g/mol. The Labute approximate surface area is 131 Å². The molecule has 2 amide bonds. The lowest BCUT2D eigenvalue weighted by atomic mass is 9.99. The molecule has 0 atom stereocenters. The first kappa shape index (κ1) is 16.5. The number of carbonyl (C=O) groups is 2. The summed E-state index contributed by atoms with van der Waals surface area (Å²) < 4.78 is 0. The fourth-order valence-electron chi connectivity index (χ4n) is 2.89. The summed E-state index contributed by atoms with van der Waals surface area (Å²) in [7, 11) is 0. The molecule has 0 radical (unpaired) electrons. The third-order valence-corrected chi connectivity index (χ3v) is 4.15. The number of nitrogens with one attached hydrogen (secondary N) is 2. The molecule has 1 saturated carbocycles. The molecule has 1 fully saturated rings. The van der Waals surface area contributed by atoms with Crippen LogP contribution in [0.3, 0.4) is 0 Å². The van der Waals surface area contributed by atoms with Crippen molar-refractivity contribution in [3.05, 3.63) is 35.9 Å². The Bertz CT molecular complexity index is 496. The second kappa shape index (κ2) is 7.94. The highest BCUT2D eigenvalue weighted by Crippen LogP contribution is 2.29. The van der Waals surface area contributed by atoms with Crippen molar-refractivity contribution in [1.82, 2.24) is 10.6 Å². The van der Waals surface area contributed by atoms with E-state index in [1.54, 1.807) is 0 Å². The number of aliphatic hydroxyl groups is 1. The van der Waals surface area contributed by atoms with Gasteiger partial charge in [0.25, 0.3) is 0 Å². The van der Waals surface area contributed by atoms with Gasteiger partial charge in [0.05, 0.1) is 18.6 Å². The van der Waals surface area contributed by atoms with Gasteiger partial charge in [-0.1, -0.05) is 43.2 Å². The number of aliphatic hydroxyl groups excluding tert-OH is 1. The number of amides is 2. The SMILES string of the molecule is O=C(Cc1ccccc1)NCCC(=O)NC1(CO)CCCC1. The van der Waals surface area contributed by atoms with Gasteiger partial charge in [-0.25, -0.2) is 0 Å². The predicted octanol–water partition coefficient (Wildman–Crippen LogP) is 1.16. The Morgan fingerprint density at radius 1 is 1.09 bits per heavy atom. The lowest BCUT2D eigenvalue weighted by Crippen LogP contribution is -2.49. The van der Waals surface area contributed by atoms with Crippen LogP contribution in [0.15, 0.2) is 30.3 Å². The van der Waals surface area contributed by atoms with Gasteiger partial charge in [-0.15, -0.1) is 0 Å². The molecule has 0 aromatic heterocycles. The average molecular weight is 304 g/mol. The molecule has 1 aromatic rings. The van der Waals surface area contributed by atoms with E-state index in [9.17, 15) is 14.7 Å². The van der Waals surface area contributed by atoms with Crippen LogP contribution in [-0.2, 0) is 16.0 Å². The molecule has 0 saturated heterocycles. The average Bonchev–Trinajstić information content (AvgIpc) is 2.97. The number of benzene rings is 1. The summed E-state index contributed by atoms with van der Waals surface area (Å²) in [6, 6.07) is 9.50. The Morgan fingerprint density at radius 3 is 2.41 bits per heavy atom. The van der Waals surface area contributed by atoms with Crippen LogP contribution < -0.4 is 10.6 Å². The van der Waals surface area contributed by atoms with Gasteiger partial charge in [-0.3, -0.25) is 9.59 Å². The van der Waals surface area contributed by atoms with Crippen LogP contribution in [0.4, 0.5) is 0 Å². The molecule has 5 heteroatoms. The van der Waals surface area contributed by atoms with Crippen molar-refractivity contribution in [2.45, 2.75) is 44.1 Å². The van der Waals surface area contributed by atoms with E-state index in [0.717, 1.165) is 31.2 Å². The summed E-state index contributed by atoms with van der Waals surface area (Å²) in [4.78, 5) is 23.7. The molecule has 0 bridgehead atoms. The van der Waals surface area contributed by atoms with Gasteiger partial charge in [0, 0.05) is 13.0 Å². The van der Waals surface area contributed by atoms with E-state index in [1.807, 2.05) is 30.3 Å².